The van der Waals surface area contributed by atoms with Crippen LogP contribution < -0.4 is 9.47 Å². The number of rotatable bonds is 17. The van der Waals surface area contributed by atoms with Gasteiger partial charge in [0.05, 0.1) is 17.2 Å². The molecule has 57 heavy (non-hydrogen) atoms. The number of likely N-dealkylation sites (tertiary alicyclic amines) is 2. The highest BCUT2D eigenvalue weighted by atomic mass is 35.5. The van der Waals surface area contributed by atoms with Crippen LogP contribution in [-0.4, -0.2) is 99.7 Å². The Kier molecular flexibility index (Phi) is 13.4. The monoisotopic (exact) mass is 798 g/mol. The van der Waals surface area contributed by atoms with E-state index >= 15 is 0 Å². The molecule has 2 fully saturated rings. The van der Waals surface area contributed by atoms with Crippen molar-refractivity contribution < 1.29 is 39.1 Å². The summed E-state index contributed by atoms with van der Waals surface area (Å²) in [6, 6.07) is 16.8. The number of nitrogens with zero attached hydrogens (tertiary/aromatic N) is 4. The third-order valence-electron chi connectivity index (χ3n) is 11.8. The van der Waals surface area contributed by atoms with E-state index in [2.05, 4.69) is 48.0 Å². The van der Waals surface area contributed by atoms with Gasteiger partial charge in [-0.1, -0.05) is 74.4 Å². The second kappa shape index (κ2) is 18.2. The molecule has 3 atom stereocenters. The lowest BCUT2D eigenvalue weighted by atomic mass is 9.65. The van der Waals surface area contributed by atoms with Gasteiger partial charge in [0.15, 0.2) is 0 Å². The van der Waals surface area contributed by atoms with E-state index in [0.717, 1.165) is 24.0 Å². The number of carbonyl (C=O) groups is 2. The summed E-state index contributed by atoms with van der Waals surface area (Å²) in [4.78, 5) is 32.3. The van der Waals surface area contributed by atoms with Crippen LogP contribution in [0.3, 0.4) is 0 Å². The van der Waals surface area contributed by atoms with Crippen molar-refractivity contribution in [2.24, 2.45) is 10.8 Å². The molecule has 12 nitrogen and oxygen atoms in total. The van der Waals surface area contributed by atoms with Crippen molar-refractivity contribution in [3.8, 4) is 17.6 Å². The van der Waals surface area contributed by atoms with Gasteiger partial charge in [-0.3, -0.25) is 19.5 Å². The highest BCUT2D eigenvalue weighted by Gasteiger charge is 2.49. The second-order valence-corrected chi connectivity index (χ2v) is 16.2. The third-order valence-corrected chi connectivity index (χ3v) is 12.1. The van der Waals surface area contributed by atoms with Crippen molar-refractivity contribution in [2.75, 3.05) is 46.0 Å². The molecule has 1 aliphatic carbocycles. The molecule has 3 aromatic rings. The molecule has 3 aliphatic rings. The lowest BCUT2D eigenvalue weighted by Gasteiger charge is -2.47. The maximum absolute atomic E-state index is 12.2. The van der Waals surface area contributed by atoms with Gasteiger partial charge in [-0.2, -0.15) is 5.26 Å². The predicted octanol–water partition coefficient (Wildman–Crippen LogP) is 6.60. The van der Waals surface area contributed by atoms with Gasteiger partial charge in [0.1, 0.15) is 47.8 Å². The maximum atomic E-state index is 12.2. The third kappa shape index (κ3) is 9.35. The SMILES string of the molecule is CC1(C)C(c2ccccc2)=CC=CC1(COc1cc(OCc2cncc(C#N)c2)c(CN2CCCC[C@H]2C(=O)O)cc1Cl)OCCCN1CCC(CO)(C(=O)O)C1. The Labute approximate surface area is 338 Å². The zero-order valence-corrected chi connectivity index (χ0v) is 33.3. The topological polar surface area (TPSA) is 166 Å². The summed E-state index contributed by atoms with van der Waals surface area (Å²) in [6.45, 7) is 6.81. The number of ether oxygens (including phenoxy) is 3. The summed E-state index contributed by atoms with van der Waals surface area (Å²) in [6.07, 6.45) is 12.5. The Morgan fingerprint density at radius 3 is 2.58 bits per heavy atom. The molecule has 0 amide bonds. The molecule has 3 N–H and O–H groups in total. The predicted molar refractivity (Wildman–Crippen MR) is 215 cm³/mol. The minimum absolute atomic E-state index is 0.0802. The molecule has 2 aliphatic heterocycles. The van der Waals surface area contributed by atoms with E-state index in [-0.39, 0.29) is 19.8 Å². The average molecular weight is 799 g/mol. The van der Waals surface area contributed by atoms with Crippen LogP contribution in [0.15, 0.2) is 79.2 Å². The fourth-order valence-corrected chi connectivity index (χ4v) is 8.42. The highest BCUT2D eigenvalue weighted by molar-refractivity contribution is 6.32. The van der Waals surface area contributed by atoms with Crippen LogP contribution in [0, 0.1) is 22.2 Å². The van der Waals surface area contributed by atoms with Crippen molar-refractivity contribution in [1.29, 1.82) is 5.26 Å². The standard InChI is InChI=1S/C44H51ClN4O8/c1-42(2)35(33-10-4-3-5-11-33)12-8-14-44(42,57-19-9-16-48-18-15-43(28-48,29-50)41(53)54)30-56-39-22-38(55-27-32-20-31(23-46)24-47-25-32)34(21-36(39)45)26-49-17-7-6-13-37(49)40(51)52/h3-5,8,10-12,14,20-22,24-25,37,50H,6-7,9,13,15-19,26-30H2,1-2H3,(H,51,52)(H,53,54)/t37-,43?,44?/m0/s1. The molecule has 0 bridgehead atoms. The van der Waals surface area contributed by atoms with E-state index in [1.165, 1.54) is 6.20 Å². The van der Waals surface area contributed by atoms with Crippen LogP contribution in [0.5, 0.6) is 11.5 Å². The van der Waals surface area contributed by atoms with Gasteiger partial charge < -0.3 is 34.4 Å². The minimum atomic E-state index is -1.14. The van der Waals surface area contributed by atoms with E-state index < -0.39 is 41.0 Å². The number of aromatic nitrogens is 1. The first-order valence-corrected chi connectivity index (χ1v) is 19.8. The van der Waals surface area contributed by atoms with E-state index in [1.807, 2.05) is 35.3 Å². The summed E-state index contributed by atoms with van der Waals surface area (Å²) in [5, 5.41) is 39.3. The molecule has 13 heteroatoms. The van der Waals surface area contributed by atoms with Crippen LogP contribution in [0.1, 0.15) is 68.2 Å². The Bertz CT molecular complexity index is 2020. The number of aliphatic hydroxyl groups excluding tert-OH is 1. The number of benzene rings is 2. The van der Waals surface area contributed by atoms with Gasteiger partial charge in [-0.25, -0.2) is 0 Å². The number of piperidine rings is 1. The molecule has 2 unspecified atom stereocenters. The molecule has 302 valence electrons. The Morgan fingerprint density at radius 1 is 1.05 bits per heavy atom. The van der Waals surface area contributed by atoms with E-state index in [4.69, 9.17) is 25.8 Å². The van der Waals surface area contributed by atoms with Crippen molar-refractivity contribution >= 4 is 29.1 Å². The van der Waals surface area contributed by atoms with Crippen LogP contribution >= 0.6 is 11.6 Å². The van der Waals surface area contributed by atoms with Gasteiger partial charge >= 0.3 is 11.9 Å². The Hall–Kier alpha value is -4.77. The molecule has 6 rings (SSSR count). The molecule has 0 spiro atoms. The molecule has 2 aromatic carbocycles. The number of carboxylic acids is 2. The first-order chi connectivity index (χ1) is 27.4. The number of pyridine rings is 1. The lowest BCUT2D eigenvalue weighted by Crippen LogP contribution is -2.52. The fourth-order valence-electron chi connectivity index (χ4n) is 8.18. The largest absolute Gasteiger partial charge is 0.488 e. The maximum Gasteiger partial charge on any atom is 0.320 e. The van der Waals surface area contributed by atoms with Crippen molar-refractivity contribution in [1.82, 2.24) is 14.8 Å². The lowest BCUT2D eigenvalue weighted by molar-refractivity contribution is -0.150. The summed E-state index contributed by atoms with van der Waals surface area (Å²) in [5.41, 5.74) is 1.22. The first kappa shape index (κ1) is 41.9. The number of carboxylic acid groups (broad SMARTS) is 2. The van der Waals surface area contributed by atoms with E-state index in [0.29, 0.717) is 85.3 Å². The molecule has 0 saturated carbocycles. The fraction of sp³-hybridized carbons (Fsp3) is 0.455. The van der Waals surface area contributed by atoms with Crippen LogP contribution in [-0.2, 0) is 27.5 Å². The minimum Gasteiger partial charge on any atom is -0.488 e. The molecular formula is C44H51ClN4O8. The van der Waals surface area contributed by atoms with Gasteiger partial charge in [0.25, 0.3) is 0 Å². The molecule has 0 radical (unpaired) electrons. The zero-order chi connectivity index (χ0) is 40.6. The number of halogens is 1. The van der Waals surface area contributed by atoms with Gasteiger partial charge in [0, 0.05) is 61.2 Å². The number of hydrogen-bond acceptors (Lipinski definition) is 10. The molecule has 3 heterocycles. The Morgan fingerprint density at radius 2 is 1.86 bits per heavy atom. The van der Waals surface area contributed by atoms with E-state index in [9.17, 15) is 30.2 Å². The van der Waals surface area contributed by atoms with Gasteiger partial charge in [-0.05, 0) is 68.1 Å². The van der Waals surface area contributed by atoms with Crippen molar-refractivity contribution in [3.05, 3.63) is 106 Å². The van der Waals surface area contributed by atoms with Crippen LogP contribution in [0.25, 0.3) is 5.57 Å². The van der Waals surface area contributed by atoms with E-state index in [1.54, 1.807) is 24.4 Å². The van der Waals surface area contributed by atoms with Gasteiger partial charge in [0.2, 0.25) is 0 Å². The normalized spacial score (nSPS) is 23.4. The van der Waals surface area contributed by atoms with Crippen molar-refractivity contribution in [2.45, 2.75) is 70.7 Å². The van der Waals surface area contributed by atoms with Crippen LogP contribution in [0.2, 0.25) is 5.02 Å². The summed E-state index contributed by atoms with van der Waals surface area (Å²) in [5.74, 6) is -1.01. The summed E-state index contributed by atoms with van der Waals surface area (Å²) in [7, 11) is 0. The smallest absolute Gasteiger partial charge is 0.320 e. The number of aliphatic carboxylic acids is 2. The number of allylic oxidation sites excluding steroid dienone is 2. The summed E-state index contributed by atoms with van der Waals surface area (Å²) >= 11 is 6.99. The number of aliphatic hydroxyl groups is 1. The van der Waals surface area contributed by atoms with Crippen LogP contribution in [0.4, 0.5) is 0 Å². The summed E-state index contributed by atoms with van der Waals surface area (Å²) < 4.78 is 19.9. The average Bonchev–Trinajstić information content (AvgIpc) is 3.65. The zero-order valence-electron chi connectivity index (χ0n) is 32.5. The molecule has 2 saturated heterocycles. The molecule has 1 aromatic heterocycles. The highest BCUT2D eigenvalue weighted by Crippen LogP contribution is 2.49. The molecular weight excluding hydrogens is 748 g/mol. The second-order valence-electron chi connectivity index (χ2n) is 15.8. The Balaban J connectivity index is 1.26. The van der Waals surface area contributed by atoms with Crippen molar-refractivity contribution in [3.63, 3.8) is 0 Å². The number of hydrogen-bond donors (Lipinski definition) is 3. The number of nitriles is 1. The van der Waals surface area contributed by atoms with Gasteiger partial charge in [-0.15, -0.1) is 0 Å². The first-order valence-electron chi connectivity index (χ1n) is 19.5. The quantitative estimate of drug-likeness (QED) is 0.126.